The van der Waals surface area contributed by atoms with E-state index in [1.165, 1.54) is 24.3 Å². The Morgan fingerprint density at radius 2 is 1.82 bits per heavy atom. The molecule has 1 atom stereocenters. The van der Waals surface area contributed by atoms with Gasteiger partial charge in [0.25, 0.3) is 0 Å². The Bertz CT molecular complexity index is 1210. The van der Waals surface area contributed by atoms with Crippen LogP contribution < -0.4 is 0 Å². The van der Waals surface area contributed by atoms with Crippen molar-refractivity contribution in [2.45, 2.75) is 35.6 Å². The molecule has 16 heteroatoms. The number of thiophene rings is 1. The number of carboxylic acids is 1. The Balaban J connectivity index is 0.000000638. The Morgan fingerprint density at radius 1 is 1.21 bits per heavy atom. The number of alkyl halides is 3. The first-order valence-electron chi connectivity index (χ1n) is 10.9. The fourth-order valence-corrected chi connectivity index (χ4v) is 6.40. The van der Waals surface area contributed by atoms with Crippen LogP contribution in [0, 0.1) is 0 Å². The first kappa shape index (κ1) is 32.1. The van der Waals surface area contributed by atoms with Crippen molar-refractivity contribution in [2.75, 3.05) is 32.8 Å². The summed E-state index contributed by atoms with van der Waals surface area (Å²) in [5.74, 6) is -4.11. The maximum atomic E-state index is 12.6. The SMILES string of the molecule is CC(CCN1CCOCC1)OC(=O)c1ccc(CS(=O)(=O)c2cc(Cl)c(Cl)s2)cc1O.O=C(O)C(F)(F)F. The number of hydrogen-bond acceptors (Lipinski definition) is 9. The van der Waals surface area contributed by atoms with Crippen molar-refractivity contribution in [3.05, 3.63) is 44.8 Å². The van der Waals surface area contributed by atoms with Crippen LogP contribution in [0.2, 0.25) is 9.36 Å². The van der Waals surface area contributed by atoms with Gasteiger partial charge in [0.1, 0.15) is 26.0 Å². The quantitative estimate of drug-likeness (QED) is 0.405. The topological polar surface area (TPSA) is 130 Å². The second-order valence-corrected chi connectivity index (χ2v) is 12.3. The summed E-state index contributed by atoms with van der Waals surface area (Å²) in [6.45, 7) is 5.71. The predicted molar refractivity (Wildman–Crippen MR) is 134 cm³/mol. The highest BCUT2D eigenvalue weighted by Gasteiger charge is 2.38. The number of nitrogens with zero attached hydrogens (tertiary/aromatic N) is 1. The summed E-state index contributed by atoms with van der Waals surface area (Å²) in [7, 11) is -3.69. The lowest BCUT2D eigenvalue weighted by Gasteiger charge is -2.27. The molecule has 0 radical (unpaired) electrons. The molecule has 0 saturated carbocycles. The van der Waals surface area contributed by atoms with Crippen molar-refractivity contribution in [2.24, 2.45) is 0 Å². The molecule has 0 aliphatic carbocycles. The minimum atomic E-state index is -5.08. The highest BCUT2D eigenvalue weighted by atomic mass is 35.5. The minimum Gasteiger partial charge on any atom is -0.507 e. The molecule has 1 saturated heterocycles. The molecule has 2 N–H and O–H groups in total. The van der Waals surface area contributed by atoms with Crippen molar-refractivity contribution >= 4 is 56.3 Å². The summed E-state index contributed by atoms with van der Waals surface area (Å²) < 4.78 is 67.8. The smallest absolute Gasteiger partial charge is 0.490 e. The molecule has 1 fully saturated rings. The number of carbonyl (C=O) groups is 2. The van der Waals surface area contributed by atoms with Gasteiger partial charge in [-0.25, -0.2) is 18.0 Å². The van der Waals surface area contributed by atoms with Gasteiger partial charge in [0.15, 0.2) is 9.84 Å². The molecule has 1 aliphatic rings. The fourth-order valence-electron chi connectivity index (χ4n) is 3.10. The lowest BCUT2D eigenvalue weighted by atomic mass is 10.1. The third-order valence-corrected chi connectivity index (χ3v) is 9.19. The van der Waals surface area contributed by atoms with E-state index in [0.29, 0.717) is 25.2 Å². The van der Waals surface area contributed by atoms with Crippen molar-refractivity contribution < 1.29 is 50.9 Å². The maximum Gasteiger partial charge on any atom is 0.490 e. The molecule has 9 nitrogen and oxygen atoms in total. The van der Waals surface area contributed by atoms with E-state index in [1.807, 2.05) is 0 Å². The monoisotopic (exact) mass is 621 g/mol. The molecule has 1 unspecified atom stereocenters. The molecule has 1 aliphatic heterocycles. The molecule has 38 heavy (non-hydrogen) atoms. The van der Waals surface area contributed by atoms with Gasteiger partial charge in [0.05, 0.1) is 24.0 Å². The molecule has 0 bridgehead atoms. The highest BCUT2D eigenvalue weighted by Crippen LogP contribution is 2.36. The van der Waals surface area contributed by atoms with Crippen LogP contribution >= 0.6 is 34.5 Å². The first-order valence-corrected chi connectivity index (χ1v) is 14.1. The third-order valence-electron chi connectivity index (χ3n) is 5.07. The third kappa shape index (κ3) is 9.89. The molecule has 2 aromatic rings. The van der Waals surface area contributed by atoms with Crippen molar-refractivity contribution in [3.8, 4) is 5.75 Å². The number of aliphatic carboxylic acids is 1. The molecule has 2 heterocycles. The Morgan fingerprint density at radius 3 is 2.32 bits per heavy atom. The number of carbonyl (C=O) groups excluding carboxylic acids is 1. The van der Waals surface area contributed by atoms with E-state index in [-0.39, 0.29) is 36.7 Å². The number of ether oxygens (including phenoxy) is 2. The average molecular weight is 622 g/mol. The van der Waals surface area contributed by atoms with E-state index in [9.17, 15) is 31.5 Å². The van der Waals surface area contributed by atoms with E-state index in [2.05, 4.69) is 4.90 Å². The van der Waals surface area contributed by atoms with Crippen LogP contribution in [0.1, 0.15) is 29.3 Å². The van der Waals surface area contributed by atoms with Crippen LogP contribution in [0.3, 0.4) is 0 Å². The van der Waals surface area contributed by atoms with E-state index in [1.54, 1.807) is 6.92 Å². The van der Waals surface area contributed by atoms with Crippen LogP contribution in [0.4, 0.5) is 13.2 Å². The summed E-state index contributed by atoms with van der Waals surface area (Å²) in [5.41, 5.74) is 0.316. The number of hydrogen-bond donors (Lipinski definition) is 2. The minimum absolute atomic E-state index is 0.0124. The molecule has 0 amide bonds. The molecular weight excluding hydrogens is 598 g/mol. The van der Waals surface area contributed by atoms with Crippen molar-refractivity contribution in [1.29, 1.82) is 0 Å². The van der Waals surface area contributed by atoms with Gasteiger partial charge in [-0.05, 0) is 37.1 Å². The van der Waals surface area contributed by atoms with Gasteiger partial charge in [-0.3, -0.25) is 4.90 Å². The number of phenolic OH excluding ortho intramolecular Hbond substituents is 1. The number of phenols is 1. The number of benzene rings is 1. The second kappa shape index (κ2) is 13.8. The molecule has 1 aromatic carbocycles. The number of esters is 1. The average Bonchev–Trinajstić information content (AvgIpc) is 3.17. The van der Waals surface area contributed by atoms with Gasteiger partial charge < -0.3 is 19.7 Å². The van der Waals surface area contributed by atoms with Crippen LogP contribution in [0.15, 0.2) is 28.5 Å². The molecule has 212 valence electrons. The summed E-state index contributed by atoms with van der Waals surface area (Å²) in [6.07, 6.45) is -4.75. The standard InChI is InChI=1S/C20H23Cl2NO6S2.C2HF3O2/c1-13(4-5-23-6-8-28-9-7-23)29-20(25)15-3-2-14(10-17(15)24)12-31(26,27)18-11-16(21)19(22)30-18;3-2(4,5)1(6)7/h2-3,10-11,13,24H,4-9,12H2,1H3;(H,6,7). The highest BCUT2D eigenvalue weighted by molar-refractivity contribution is 7.92. The Labute approximate surface area is 230 Å². The van der Waals surface area contributed by atoms with Crippen LogP contribution in [0.25, 0.3) is 0 Å². The fraction of sp³-hybridized carbons (Fsp3) is 0.455. The number of sulfone groups is 1. The van der Waals surface area contributed by atoms with Gasteiger partial charge in [-0.15, -0.1) is 11.3 Å². The Hall–Kier alpha value is -2.10. The van der Waals surface area contributed by atoms with E-state index in [0.717, 1.165) is 31.0 Å². The van der Waals surface area contributed by atoms with Crippen molar-refractivity contribution in [3.63, 3.8) is 0 Å². The molecule has 1 aromatic heterocycles. The van der Waals surface area contributed by atoms with Crippen LogP contribution in [0.5, 0.6) is 5.75 Å². The number of morpholine rings is 1. The van der Waals surface area contributed by atoms with Gasteiger partial charge in [-0.1, -0.05) is 29.3 Å². The zero-order chi connectivity index (χ0) is 28.7. The summed E-state index contributed by atoms with van der Waals surface area (Å²) >= 11 is 12.6. The zero-order valence-corrected chi connectivity index (χ0v) is 23.0. The summed E-state index contributed by atoms with van der Waals surface area (Å²) in [6, 6.07) is 5.39. The summed E-state index contributed by atoms with van der Waals surface area (Å²) in [5, 5.41) is 17.6. The second-order valence-electron chi connectivity index (χ2n) is 8.06. The lowest BCUT2D eigenvalue weighted by Crippen LogP contribution is -2.38. The van der Waals surface area contributed by atoms with Gasteiger partial charge in [0, 0.05) is 19.6 Å². The summed E-state index contributed by atoms with van der Waals surface area (Å²) in [4.78, 5) is 23.6. The lowest BCUT2D eigenvalue weighted by molar-refractivity contribution is -0.192. The van der Waals surface area contributed by atoms with Crippen molar-refractivity contribution in [1.82, 2.24) is 4.90 Å². The maximum absolute atomic E-state index is 12.6. The van der Waals surface area contributed by atoms with E-state index in [4.69, 9.17) is 42.6 Å². The van der Waals surface area contributed by atoms with E-state index >= 15 is 0 Å². The normalized spacial score (nSPS) is 15.3. The van der Waals surface area contributed by atoms with E-state index < -0.39 is 28.0 Å². The number of halogens is 5. The van der Waals surface area contributed by atoms with Crippen LogP contribution in [-0.2, 0) is 29.9 Å². The number of carboxylic acid groups (broad SMARTS) is 1. The first-order chi connectivity index (χ1) is 17.6. The predicted octanol–water partition coefficient (Wildman–Crippen LogP) is 4.64. The number of aromatic hydroxyl groups is 1. The van der Waals surface area contributed by atoms with Gasteiger partial charge in [0.2, 0.25) is 0 Å². The zero-order valence-electron chi connectivity index (χ0n) is 19.8. The van der Waals surface area contributed by atoms with Gasteiger partial charge >= 0.3 is 18.1 Å². The molecule has 3 rings (SSSR count). The molecular formula is C22H24Cl2F3NO8S2. The van der Waals surface area contributed by atoms with Gasteiger partial charge in [-0.2, -0.15) is 13.2 Å². The van der Waals surface area contributed by atoms with Crippen LogP contribution in [-0.4, -0.2) is 80.6 Å². The molecule has 0 spiro atoms. The largest absolute Gasteiger partial charge is 0.507 e. The Kier molecular flexibility index (Phi) is 11.7. The number of rotatable bonds is 8.